The molecule has 1 aromatic carbocycles. The first kappa shape index (κ1) is 12.2. The van der Waals surface area contributed by atoms with Gasteiger partial charge in [-0.15, -0.1) is 5.10 Å². The molecule has 90 valence electrons. The monoisotopic (exact) mass is 248 g/mol. The number of nitrogens with zero attached hydrogens (tertiary/aromatic N) is 2. The van der Waals surface area contributed by atoms with Crippen molar-refractivity contribution in [1.29, 1.82) is 0 Å². The molecule has 0 spiro atoms. The van der Waals surface area contributed by atoms with Gasteiger partial charge in [0.25, 0.3) is 0 Å². The Kier molecular flexibility index (Phi) is 3.86. The Labute approximate surface area is 105 Å². The fraction of sp³-hybridized carbons (Fsp3) is 0.385. The van der Waals surface area contributed by atoms with Crippen LogP contribution >= 0.6 is 11.5 Å². The molecule has 0 bridgehead atoms. The highest BCUT2D eigenvalue weighted by atomic mass is 32.1. The van der Waals surface area contributed by atoms with Gasteiger partial charge in [0.05, 0.1) is 10.6 Å². The van der Waals surface area contributed by atoms with E-state index in [4.69, 9.17) is 0 Å². The van der Waals surface area contributed by atoms with Crippen LogP contribution in [-0.4, -0.2) is 14.7 Å². The smallest absolute Gasteiger partial charge is 0.117 e. The molecule has 17 heavy (non-hydrogen) atoms. The van der Waals surface area contributed by atoms with E-state index in [0.717, 1.165) is 29.0 Å². The van der Waals surface area contributed by atoms with Crippen molar-refractivity contribution in [1.82, 2.24) is 9.59 Å². The zero-order valence-corrected chi connectivity index (χ0v) is 10.9. The largest absolute Gasteiger partial charge is 0.383 e. The second-order valence-electron chi connectivity index (χ2n) is 4.12. The standard InChI is InChI=1S/C13H16N2OS/c1-3-5-10-6-4-7-11(8-10)12(16)13-9(2)14-15-17-13/h4,6-8,12,16H,3,5H2,1-2H3. The Morgan fingerprint density at radius 1 is 1.41 bits per heavy atom. The first-order chi connectivity index (χ1) is 8.22. The normalized spacial score (nSPS) is 12.6. The molecular formula is C13H16N2OS. The van der Waals surface area contributed by atoms with E-state index >= 15 is 0 Å². The van der Waals surface area contributed by atoms with E-state index in [2.05, 4.69) is 28.6 Å². The third-order valence-electron chi connectivity index (χ3n) is 2.74. The summed E-state index contributed by atoms with van der Waals surface area (Å²) in [6.07, 6.45) is 1.55. The quantitative estimate of drug-likeness (QED) is 0.905. The maximum absolute atomic E-state index is 10.3. The summed E-state index contributed by atoms with van der Waals surface area (Å²) in [5, 5.41) is 14.2. The summed E-state index contributed by atoms with van der Waals surface area (Å²) in [4.78, 5) is 0.832. The Morgan fingerprint density at radius 2 is 2.24 bits per heavy atom. The van der Waals surface area contributed by atoms with Crippen LogP contribution in [0.15, 0.2) is 24.3 Å². The van der Waals surface area contributed by atoms with Crippen LogP contribution in [0.2, 0.25) is 0 Å². The topological polar surface area (TPSA) is 46.0 Å². The minimum Gasteiger partial charge on any atom is -0.383 e. The number of rotatable bonds is 4. The fourth-order valence-corrected chi connectivity index (χ4v) is 2.51. The number of benzene rings is 1. The lowest BCUT2D eigenvalue weighted by Gasteiger charge is -2.10. The molecule has 3 nitrogen and oxygen atoms in total. The second-order valence-corrected chi connectivity index (χ2v) is 4.91. The first-order valence-electron chi connectivity index (χ1n) is 5.78. The van der Waals surface area contributed by atoms with Gasteiger partial charge in [0.2, 0.25) is 0 Å². The van der Waals surface area contributed by atoms with Gasteiger partial charge in [0, 0.05) is 0 Å². The third kappa shape index (κ3) is 2.70. The molecule has 0 saturated carbocycles. The van der Waals surface area contributed by atoms with E-state index in [1.165, 1.54) is 17.1 Å². The van der Waals surface area contributed by atoms with Crippen molar-refractivity contribution < 1.29 is 5.11 Å². The molecule has 4 heteroatoms. The highest BCUT2D eigenvalue weighted by Crippen LogP contribution is 2.27. The molecule has 2 rings (SSSR count). The molecule has 0 aliphatic heterocycles. The second kappa shape index (κ2) is 5.38. The van der Waals surface area contributed by atoms with Gasteiger partial charge in [-0.25, -0.2) is 0 Å². The van der Waals surface area contributed by atoms with E-state index in [1.54, 1.807) is 0 Å². The minimum absolute atomic E-state index is 0.605. The number of hydrogen-bond donors (Lipinski definition) is 1. The van der Waals surface area contributed by atoms with Gasteiger partial charge in [-0.05, 0) is 36.0 Å². The molecule has 1 heterocycles. The van der Waals surface area contributed by atoms with Crippen LogP contribution in [0.1, 0.15) is 41.1 Å². The van der Waals surface area contributed by atoms with Crippen LogP contribution in [-0.2, 0) is 6.42 Å². The van der Waals surface area contributed by atoms with Crippen molar-refractivity contribution in [3.63, 3.8) is 0 Å². The highest BCUT2D eigenvalue weighted by Gasteiger charge is 2.16. The fourth-order valence-electron chi connectivity index (χ4n) is 1.85. The molecule has 0 aliphatic carbocycles. The van der Waals surface area contributed by atoms with Crippen LogP contribution in [0.25, 0.3) is 0 Å². The summed E-state index contributed by atoms with van der Waals surface area (Å²) < 4.78 is 3.86. The number of aliphatic hydroxyl groups is 1. The summed E-state index contributed by atoms with van der Waals surface area (Å²) in [6, 6.07) is 8.10. The number of aromatic nitrogens is 2. The third-order valence-corrected chi connectivity index (χ3v) is 3.62. The Morgan fingerprint density at radius 3 is 2.88 bits per heavy atom. The lowest BCUT2D eigenvalue weighted by Crippen LogP contribution is -2.00. The van der Waals surface area contributed by atoms with Crippen molar-refractivity contribution in [2.24, 2.45) is 0 Å². The lowest BCUT2D eigenvalue weighted by molar-refractivity contribution is 0.223. The van der Waals surface area contributed by atoms with Gasteiger partial charge in [-0.2, -0.15) is 0 Å². The van der Waals surface area contributed by atoms with Gasteiger partial charge in [-0.1, -0.05) is 42.1 Å². The van der Waals surface area contributed by atoms with Gasteiger partial charge in [0.1, 0.15) is 6.10 Å². The zero-order valence-electron chi connectivity index (χ0n) is 10.1. The molecule has 0 saturated heterocycles. The molecule has 0 aliphatic rings. The highest BCUT2D eigenvalue weighted by molar-refractivity contribution is 7.05. The van der Waals surface area contributed by atoms with Gasteiger partial charge in [-0.3, -0.25) is 0 Å². The summed E-state index contributed by atoms with van der Waals surface area (Å²) in [6.45, 7) is 4.03. The number of hydrogen-bond acceptors (Lipinski definition) is 4. The average Bonchev–Trinajstić information content (AvgIpc) is 2.75. The van der Waals surface area contributed by atoms with Crippen LogP contribution in [0.5, 0.6) is 0 Å². The van der Waals surface area contributed by atoms with E-state index < -0.39 is 6.10 Å². The molecule has 1 atom stereocenters. The predicted octanol–water partition coefficient (Wildman–Crippen LogP) is 2.88. The molecule has 0 amide bonds. The van der Waals surface area contributed by atoms with E-state index in [9.17, 15) is 5.11 Å². The minimum atomic E-state index is -0.605. The predicted molar refractivity (Wildman–Crippen MR) is 69.1 cm³/mol. The van der Waals surface area contributed by atoms with Crippen molar-refractivity contribution in [3.8, 4) is 0 Å². The van der Waals surface area contributed by atoms with Gasteiger partial charge in [0.15, 0.2) is 0 Å². The summed E-state index contributed by atoms with van der Waals surface area (Å²) in [5.74, 6) is 0. The molecule has 0 fully saturated rings. The Hall–Kier alpha value is -1.26. The van der Waals surface area contributed by atoms with Crippen LogP contribution < -0.4 is 0 Å². The molecule has 1 aromatic heterocycles. The summed E-state index contributed by atoms with van der Waals surface area (Å²) >= 11 is 1.26. The molecule has 2 aromatic rings. The molecule has 0 radical (unpaired) electrons. The lowest BCUT2D eigenvalue weighted by atomic mass is 10.0. The van der Waals surface area contributed by atoms with Gasteiger partial charge < -0.3 is 5.11 Å². The van der Waals surface area contributed by atoms with E-state index in [0.29, 0.717) is 0 Å². The summed E-state index contributed by atoms with van der Waals surface area (Å²) in [7, 11) is 0. The maximum atomic E-state index is 10.3. The van der Waals surface area contributed by atoms with Crippen molar-refractivity contribution in [2.45, 2.75) is 32.8 Å². The van der Waals surface area contributed by atoms with Gasteiger partial charge >= 0.3 is 0 Å². The van der Waals surface area contributed by atoms with Crippen LogP contribution in [0, 0.1) is 6.92 Å². The van der Waals surface area contributed by atoms with E-state index in [-0.39, 0.29) is 0 Å². The zero-order chi connectivity index (χ0) is 12.3. The molecule has 1 N–H and O–H groups in total. The average molecular weight is 248 g/mol. The van der Waals surface area contributed by atoms with Crippen molar-refractivity contribution in [2.75, 3.05) is 0 Å². The Balaban J connectivity index is 2.28. The summed E-state index contributed by atoms with van der Waals surface area (Å²) in [5.41, 5.74) is 2.99. The first-order valence-corrected chi connectivity index (χ1v) is 6.55. The molecular weight excluding hydrogens is 232 g/mol. The number of aliphatic hydroxyl groups excluding tert-OH is 1. The van der Waals surface area contributed by atoms with Crippen molar-refractivity contribution >= 4 is 11.5 Å². The van der Waals surface area contributed by atoms with Crippen LogP contribution in [0.4, 0.5) is 0 Å². The Bertz CT molecular complexity index is 496. The number of aryl methyl sites for hydroxylation is 2. The van der Waals surface area contributed by atoms with Crippen LogP contribution in [0.3, 0.4) is 0 Å². The maximum Gasteiger partial charge on any atom is 0.117 e. The SMILES string of the molecule is CCCc1cccc(C(O)c2snnc2C)c1. The van der Waals surface area contributed by atoms with E-state index in [1.807, 2.05) is 19.1 Å². The van der Waals surface area contributed by atoms with Crippen molar-refractivity contribution in [3.05, 3.63) is 46.0 Å². The molecule has 1 unspecified atom stereocenters.